The van der Waals surface area contributed by atoms with Crippen LogP contribution in [0.1, 0.15) is 25.1 Å². The molecule has 0 aliphatic carbocycles. The second-order valence-corrected chi connectivity index (χ2v) is 7.72. The van der Waals surface area contributed by atoms with E-state index in [-0.39, 0.29) is 6.04 Å². The van der Waals surface area contributed by atoms with E-state index in [1.54, 1.807) is 10.4 Å². The third-order valence-corrected chi connectivity index (χ3v) is 7.03. The van der Waals surface area contributed by atoms with Crippen LogP contribution < -0.4 is 5.32 Å². The topological polar surface area (TPSA) is 49.4 Å². The Balaban J connectivity index is 2.27. The largest absolute Gasteiger partial charge is 0.315 e. The predicted molar refractivity (Wildman–Crippen MR) is 74.5 cm³/mol. The molecule has 0 saturated carbocycles. The Hall–Kier alpha value is -0.430. The molecule has 102 valence electrons. The van der Waals surface area contributed by atoms with Gasteiger partial charge in [-0.3, -0.25) is 0 Å². The molecular formula is C12H20N2O2S2. The zero-order valence-electron chi connectivity index (χ0n) is 10.8. The van der Waals surface area contributed by atoms with Crippen LogP contribution in [0, 0.1) is 0 Å². The molecule has 1 aliphatic rings. The first-order valence-electron chi connectivity index (χ1n) is 6.40. The Morgan fingerprint density at radius 1 is 1.44 bits per heavy atom. The van der Waals surface area contributed by atoms with Crippen LogP contribution in [0.25, 0.3) is 0 Å². The lowest BCUT2D eigenvalue weighted by Gasteiger charge is -2.25. The van der Waals surface area contributed by atoms with Crippen molar-refractivity contribution in [2.24, 2.45) is 0 Å². The Kier molecular flexibility index (Phi) is 4.42. The van der Waals surface area contributed by atoms with Gasteiger partial charge in [-0.25, -0.2) is 8.42 Å². The molecule has 2 heterocycles. The highest BCUT2D eigenvalue weighted by Gasteiger charge is 2.32. The third kappa shape index (κ3) is 2.61. The van der Waals surface area contributed by atoms with Gasteiger partial charge in [0.15, 0.2) is 0 Å². The van der Waals surface area contributed by atoms with E-state index in [0.717, 1.165) is 30.8 Å². The molecular weight excluding hydrogens is 268 g/mol. The van der Waals surface area contributed by atoms with Crippen LogP contribution in [-0.2, 0) is 16.4 Å². The Bertz CT molecular complexity index is 490. The smallest absolute Gasteiger partial charge is 0.252 e. The Labute approximate surface area is 113 Å². The van der Waals surface area contributed by atoms with E-state index >= 15 is 0 Å². The number of sulfonamides is 1. The van der Waals surface area contributed by atoms with Crippen LogP contribution in [0.3, 0.4) is 0 Å². The van der Waals surface area contributed by atoms with Gasteiger partial charge in [-0.1, -0.05) is 13.8 Å². The van der Waals surface area contributed by atoms with E-state index in [0.29, 0.717) is 10.8 Å². The number of hydrogen-bond donors (Lipinski definition) is 1. The molecule has 2 rings (SSSR count). The van der Waals surface area contributed by atoms with Crippen LogP contribution in [0.5, 0.6) is 0 Å². The Morgan fingerprint density at radius 3 is 2.72 bits per heavy atom. The summed E-state index contributed by atoms with van der Waals surface area (Å²) in [7, 11) is -3.31. The molecule has 1 aromatic heterocycles. The summed E-state index contributed by atoms with van der Waals surface area (Å²) in [5.74, 6) is 0. The summed E-state index contributed by atoms with van der Waals surface area (Å²) in [5, 5.41) is 3.22. The second kappa shape index (κ2) is 5.69. The van der Waals surface area contributed by atoms with E-state index in [1.165, 1.54) is 11.3 Å². The van der Waals surface area contributed by atoms with Gasteiger partial charge < -0.3 is 5.32 Å². The van der Waals surface area contributed by atoms with Crippen molar-refractivity contribution in [1.82, 2.24) is 9.62 Å². The van der Waals surface area contributed by atoms with Crippen LogP contribution >= 0.6 is 11.3 Å². The van der Waals surface area contributed by atoms with Crippen molar-refractivity contribution < 1.29 is 8.42 Å². The lowest BCUT2D eigenvalue weighted by atomic mass is 10.3. The quantitative estimate of drug-likeness (QED) is 0.897. The maximum Gasteiger partial charge on any atom is 0.252 e. The van der Waals surface area contributed by atoms with Gasteiger partial charge in [0.2, 0.25) is 0 Å². The average molecular weight is 288 g/mol. The van der Waals surface area contributed by atoms with Crippen molar-refractivity contribution >= 4 is 21.4 Å². The number of aryl methyl sites for hydroxylation is 1. The second-order valence-electron chi connectivity index (χ2n) is 4.43. The minimum atomic E-state index is -3.31. The molecule has 0 spiro atoms. The van der Waals surface area contributed by atoms with E-state index in [9.17, 15) is 8.42 Å². The third-order valence-electron chi connectivity index (χ3n) is 3.30. The van der Waals surface area contributed by atoms with Crippen LogP contribution in [-0.4, -0.2) is 38.4 Å². The normalized spacial score (nSPS) is 20.7. The van der Waals surface area contributed by atoms with Crippen molar-refractivity contribution in [3.63, 3.8) is 0 Å². The highest BCUT2D eigenvalue weighted by molar-refractivity contribution is 7.91. The summed E-state index contributed by atoms with van der Waals surface area (Å²) in [6.07, 6.45) is 1.79. The maximum absolute atomic E-state index is 12.6. The summed E-state index contributed by atoms with van der Waals surface area (Å²) in [4.78, 5) is 1.12. The molecule has 0 aromatic carbocycles. The summed E-state index contributed by atoms with van der Waals surface area (Å²) in [5.41, 5.74) is 0. The minimum Gasteiger partial charge on any atom is -0.315 e. The fraction of sp³-hybridized carbons (Fsp3) is 0.667. The minimum absolute atomic E-state index is 0.104. The van der Waals surface area contributed by atoms with Gasteiger partial charge >= 0.3 is 0 Å². The lowest BCUT2D eigenvalue weighted by Crippen LogP contribution is -2.41. The molecule has 1 atom stereocenters. The molecule has 1 aromatic rings. The number of hydrogen-bond acceptors (Lipinski definition) is 4. The van der Waals surface area contributed by atoms with Crippen molar-refractivity contribution in [3.05, 3.63) is 17.0 Å². The standard InChI is InChI=1S/C12H20N2O2S2/c1-3-11-5-6-12(17-11)18(15,16)14(4-2)10-7-8-13-9-10/h5-6,10,13H,3-4,7-9H2,1-2H3. The lowest BCUT2D eigenvalue weighted by molar-refractivity contribution is 0.349. The molecule has 18 heavy (non-hydrogen) atoms. The number of nitrogens with one attached hydrogen (secondary N) is 1. The van der Waals surface area contributed by atoms with Gasteiger partial charge in [-0.2, -0.15) is 4.31 Å². The number of rotatable bonds is 5. The molecule has 1 unspecified atom stereocenters. The van der Waals surface area contributed by atoms with Gasteiger partial charge in [0, 0.05) is 24.0 Å². The molecule has 1 fully saturated rings. The summed E-state index contributed by atoms with van der Waals surface area (Å²) in [6.45, 7) is 6.15. The number of thiophene rings is 1. The van der Waals surface area contributed by atoms with Gasteiger partial charge in [0.25, 0.3) is 10.0 Å². The predicted octanol–water partition coefficient (Wildman–Crippen LogP) is 1.68. The summed E-state index contributed by atoms with van der Waals surface area (Å²) in [6, 6.07) is 3.76. The zero-order valence-corrected chi connectivity index (χ0v) is 12.5. The first-order valence-corrected chi connectivity index (χ1v) is 8.66. The molecule has 1 saturated heterocycles. The molecule has 1 aliphatic heterocycles. The van der Waals surface area contributed by atoms with Crippen LogP contribution in [0.2, 0.25) is 0 Å². The van der Waals surface area contributed by atoms with Crippen LogP contribution in [0.15, 0.2) is 16.3 Å². The molecule has 0 amide bonds. The maximum atomic E-state index is 12.6. The van der Waals surface area contributed by atoms with Gasteiger partial charge in [0.1, 0.15) is 4.21 Å². The van der Waals surface area contributed by atoms with E-state index in [2.05, 4.69) is 5.32 Å². The number of nitrogens with zero attached hydrogens (tertiary/aromatic N) is 1. The molecule has 4 nitrogen and oxygen atoms in total. The van der Waals surface area contributed by atoms with E-state index < -0.39 is 10.0 Å². The Morgan fingerprint density at radius 2 is 2.22 bits per heavy atom. The summed E-state index contributed by atoms with van der Waals surface area (Å²) >= 11 is 1.39. The van der Waals surface area contributed by atoms with E-state index in [4.69, 9.17) is 0 Å². The molecule has 1 N–H and O–H groups in total. The summed E-state index contributed by atoms with van der Waals surface area (Å²) < 4.78 is 27.3. The highest BCUT2D eigenvalue weighted by atomic mass is 32.2. The van der Waals surface area contributed by atoms with Crippen molar-refractivity contribution in [1.29, 1.82) is 0 Å². The van der Waals surface area contributed by atoms with Crippen molar-refractivity contribution in [2.45, 2.75) is 36.9 Å². The van der Waals surface area contributed by atoms with Crippen LogP contribution in [0.4, 0.5) is 0 Å². The number of likely N-dealkylation sites (N-methyl/N-ethyl adjacent to an activating group) is 1. The fourth-order valence-electron chi connectivity index (χ4n) is 2.31. The fourth-order valence-corrected chi connectivity index (χ4v) is 5.40. The van der Waals surface area contributed by atoms with E-state index in [1.807, 2.05) is 19.9 Å². The average Bonchev–Trinajstić information content (AvgIpc) is 3.00. The first-order chi connectivity index (χ1) is 8.59. The molecule has 6 heteroatoms. The molecule has 0 bridgehead atoms. The SMILES string of the molecule is CCc1ccc(S(=O)(=O)N(CC)C2CCNC2)s1. The van der Waals surface area contributed by atoms with Crippen molar-refractivity contribution in [2.75, 3.05) is 19.6 Å². The van der Waals surface area contributed by atoms with Gasteiger partial charge in [-0.15, -0.1) is 11.3 Å². The molecule has 0 radical (unpaired) electrons. The van der Waals surface area contributed by atoms with Gasteiger partial charge in [0.05, 0.1) is 0 Å². The monoisotopic (exact) mass is 288 g/mol. The zero-order chi connectivity index (χ0) is 13.2. The van der Waals surface area contributed by atoms with Crippen molar-refractivity contribution in [3.8, 4) is 0 Å². The van der Waals surface area contributed by atoms with Gasteiger partial charge in [-0.05, 0) is 31.5 Å². The highest BCUT2D eigenvalue weighted by Crippen LogP contribution is 2.27. The first kappa shape index (κ1) is 14.0.